The Morgan fingerprint density at radius 2 is 1.95 bits per heavy atom. The fourth-order valence-corrected chi connectivity index (χ4v) is 2.28. The van der Waals surface area contributed by atoms with E-state index in [1.54, 1.807) is 6.92 Å². The predicted octanol–water partition coefficient (Wildman–Crippen LogP) is 2.76. The first kappa shape index (κ1) is 17.4. The molecule has 116 valence electrons. The van der Waals surface area contributed by atoms with Crippen molar-refractivity contribution in [2.75, 3.05) is 26.7 Å². The van der Waals surface area contributed by atoms with Crippen molar-refractivity contribution in [2.24, 2.45) is 0 Å². The summed E-state index contributed by atoms with van der Waals surface area (Å²) in [6.07, 6.45) is 0.753. The molecule has 0 heterocycles. The van der Waals surface area contributed by atoms with Gasteiger partial charge in [0.1, 0.15) is 0 Å². The van der Waals surface area contributed by atoms with Gasteiger partial charge in [0.25, 0.3) is 0 Å². The van der Waals surface area contributed by atoms with Gasteiger partial charge in [0.05, 0.1) is 0 Å². The maximum absolute atomic E-state index is 11.4. The molecule has 1 aromatic carbocycles. The van der Waals surface area contributed by atoms with Crippen LogP contribution in [0, 0.1) is 5.41 Å². The molecule has 1 rings (SSSR count). The summed E-state index contributed by atoms with van der Waals surface area (Å²) in [4.78, 5) is 15.4. The minimum absolute atomic E-state index is 0.129. The van der Waals surface area contributed by atoms with Crippen molar-refractivity contribution in [1.29, 1.82) is 5.41 Å². The van der Waals surface area contributed by atoms with E-state index in [2.05, 4.69) is 24.1 Å². The van der Waals surface area contributed by atoms with Crippen LogP contribution in [-0.4, -0.2) is 48.1 Å². The maximum atomic E-state index is 11.4. The highest BCUT2D eigenvalue weighted by Crippen LogP contribution is 2.09. The van der Waals surface area contributed by atoms with E-state index in [4.69, 9.17) is 5.41 Å². The summed E-state index contributed by atoms with van der Waals surface area (Å²) in [6.45, 7) is 8.81. The highest BCUT2D eigenvalue weighted by atomic mass is 16.2. The summed E-state index contributed by atoms with van der Waals surface area (Å²) in [5.74, 6) is 0.129. The van der Waals surface area contributed by atoms with Gasteiger partial charge >= 0.3 is 0 Å². The van der Waals surface area contributed by atoms with Crippen LogP contribution in [0.5, 0.6) is 0 Å². The summed E-state index contributed by atoms with van der Waals surface area (Å²) in [5, 5.41) is 7.91. The lowest BCUT2D eigenvalue weighted by Crippen LogP contribution is -2.35. The summed E-state index contributed by atoms with van der Waals surface area (Å²) in [5.41, 5.74) is 2.88. The molecule has 1 N–H and O–H groups in total. The quantitative estimate of drug-likeness (QED) is 0.748. The summed E-state index contributed by atoms with van der Waals surface area (Å²) in [6, 6.07) is 8.18. The van der Waals surface area contributed by atoms with E-state index in [-0.39, 0.29) is 5.91 Å². The molecular formula is C17H27N3O. The van der Waals surface area contributed by atoms with Gasteiger partial charge in [0.2, 0.25) is 5.91 Å². The van der Waals surface area contributed by atoms with Gasteiger partial charge in [0, 0.05) is 38.8 Å². The molecule has 0 spiro atoms. The second kappa shape index (κ2) is 8.57. The van der Waals surface area contributed by atoms with E-state index >= 15 is 0 Å². The largest absolute Gasteiger partial charge is 0.342 e. The first-order valence-electron chi connectivity index (χ1n) is 7.58. The number of hydrogen-bond donors (Lipinski definition) is 1. The third-order valence-corrected chi connectivity index (χ3v) is 3.66. The van der Waals surface area contributed by atoms with E-state index in [0.29, 0.717) is 5.71 Å². The molecule has 0 atom stereocenters. The zero-order chi connectivity index (χ0) is 15.8. The third kappa shape index (κ3) is 5.68. The lowest BCUT2D eigenvalue weighted by atomic mass is 10.0. The van der Waals surface area contributed by atoms with Crippen molar-refractivity contribution in [3.8, 4) is 0 Å². The van der Waals surface area contributed by atoms with Crippen LogP contribution in [0.4, 0.5) is 0 Å². The Labute approximate surface area is 128 Å². The SMILES string of the molecule is CCC(=N)c1cccc(CN(C)CCN(CC)C(C)=O)c1. The van der Waals surface area contributed by atoms with Gasteiger partial charge in [-0.25, -0.2) is 0 Å². The molecule has 1 aromatic rings. The molecule has 0 aliphatic heterocycles. The number of nitrogens with zero attached hydrogens (tertiary/aromatic N) is 2. The monoisotopic (exact) mass is 289 g/mol. The first-order valence-corrected chi connectivity index (χ1v) is 7.58. The fraction of sp³-hybridized carbons (Fsp3) is 0.529. The number of likely N-dealkylation sites (N-methyl/N-ethyl adjacent to an activating group) is 2. The van der Waals surface area contributed by atoms with E-state index in [1.165, 1.54) is 5.56 Å². The number of amides is 1. The van der Waals surface area contributed by atoms with E-state index < -0.39 is 0 Å². The number of rotatable bonds is 8. The van der Waals surface area contributed by atoms with Crippen molar-refractivity contribution in [3.63, 3.8) is 0 Å². The predicted molar refractivity (Wildman–Crippen MR) is 87.8 cm³/mol. The maximum Gasteiger partial charge on any atom is 0.219 e. The molecule has 0 fully saturated rings. The molecule has 0 saturated carbocycles. The average Bonchev–Trinajstić information content (AvgIpc) is 2.47. The van der Waals surface area contributed by atoms with Gasteiger partial charge in [-0.15, -0.1) is 0 Å². The average molecular weight is 289 g/mol. The Morgan fingerprint density at radius 1 is 1.24 bits per heavy atom. The fourth-order valence-electron chi connectivity index (χ4n) is 2.28. The second-order valence-corrected chi connectivity index (χ2v) is 5.37. The Bertz CT molecular complexity index is 485. The molecule has 0 bridgehead atoms. The lowest BCUT2D eigenvalue weighted by molar-refractivity contribution is -0.128. The Kier molecular flexibility index (Phi) is 7.09. The first-order chi connectivity index (χ1) is 9.97. The molecule has 21 heavy (non-hydrogen) atoms. The van der Waals surface area contributed by atoms with Gasteiger partial charge in [-0.2, -0.15) is 0 Å². The summed E-state index contributed by atoms with van der Waals surface area (Å²) >= 11 is 0. The van der Waals surface area contributed by atoms with Crippen molar-refractivity contribution in [1.82, 2.24) is 9.80 Å². The van der Waals surface area contributed by atoms with Crippen LogP contribution in [0.3, 0.4) is 0 Å². The molecule has 0 saturated heterocycles. The van der Waals surface area contributed by atoms with Crippen LogP contribution in [0.1, 0.15) is 38.3 Å². The van der Waals surface area contributed by atoms with Gasteiger partial charge < -0.3 is 15.2 Å². The van der Waals surface area contributed by atoms with Crippen LogP contribution in [0.15, 0.2) is 24.3 Å². The Balaban J connectivity index is 2.56. The third-order valence-electron chi connectivity index (χ3n) is 3.66. The molecule has 0 aliphatic carbocycles. The second-order valence-electron chi connectivity index (χ2n) is 5.37. The number of carbonyl (C=O) groups excluding carboxylic acids is 1. The number of hydrogen-bond acceptors (Lipinski definition) is 3. The number of benzene rings is 1. The van der Waals surface area contributed by atoms with E-state index in [9.17, 15) is 4.79 Å². The highest BCUT2D eigenvalue weighted by molar-refractivity contribution is 5.98. The van der Waals surface area contributed by atoms with E-state index in [1.807, 2.05) is 30.9 Å². The molecular weight excluding hydrogens is 262 g/mol. The van der Waals surface area contributed by atoms with Crippen LogP contribution in [-0.2, 0) is 11.3 Å². The number of nitrogens with one attached hydrogen (secondary N) is 1. The topological polar surface area (TPSA) is 47.4 Å². The van der Waals surface area contributed by atoms with E-state index in [0.717, 1.165) is 38.2 Å². The highest BCUT2D eigenvalue weighted by Gasteiger charge is 2.08. The molecule has 4 heteroatoms. The minimum Gasteiger partial charge on any atom is -0.342 e. The minimum atomic E-state index is 0.129. The van der Waals surface area contributed by atoms with Crippen molar-refractivity contribution >= 4 is 11.6 Å². The van der Waals surface area contributed by atoms with Crippen molar-refractivity contribution < 1.29 is 4.79 Å². The summed E-state index contributed by atoms with van der Waals surface area (Å²) < 4.78 is 0. The zero-order valence-corrected chi connectivity index (χ0v) is 13.6. The van der Waals surface area contributed by atoms with Crippen molar-refractivity contribution in [3.05, 3.63) is 35.4 Å². The standard InChI is InChI=1S/C17H27N3O/c1-5-17(18)16-9-7-8-15(12-16)13-19(4)10-11-20(6-2)14(3)21/h7-9,12,18H,5-6,10-11,13H2,1-4H3. The van der Waals surface area contributed by atoms with Gasteiger partial charge in [-0.3, -0.25) is 4.79 Å². The normalized spacial score (nSPS) is 10.7. The molecule has 0 unspecified atom stereocenters. The zero-order valence-electron chi connectivity index (χ0n) is 13.6. The van der Waals surface area contributed by atoms with Gasteiger partial charge in [0.15, 0.2) is 0 Å². The van der Waals surface area contributed by atoms with Crippen molar-refractivity contribution in [2.45, 2.75) is 33.7 Å². The smallest absolute Gasteiger partial charge is 0.219 e. The molecule has 0 radical (unpaired) electrons. The summed E-state index contributed by atoms with van der Waals surface area (Å²) in [7, 11) is 2.06. The molecule has 0 aliphatic rings. The Morgan fingerprint density at radius 3 is 2.52 bits per heavy atom. The molecule has 0 aromatic heterocycles. The van der Waals surface area contributed by atoms with Gasteiger partial charge in [-0.05, 0) is 37.6 Å². The van der Waals surface area contributed by atoms with Gasteiger partial charge in [-0.1, -0.05) is 25.1 Å². The molecule has 4 nitrogen and oxygen atoms in total. The van der Waals surface area contributed by atoms with Crippen LogP contribution >= 0.6 is 0 Å². The van der Waals surface area contributed by atoms with Crippen LogP contribution in [0.2, 0.25) is 0 Å². The van der Waals surface area contributed by atoms with Crippen LogP contribution in [0.25, 0.3) is 0 Å². The number of carbonyl (C=O) groups is 1. The lowest BCUT2D eigenvalue weighted by Gasteiger charge is -2.23. The molecule has 1 amide bonds. The van der Waals surface area contributed by atoms with Crippen LogP contribution < -0.4 is 0 Å². The Hall–Kier alpha value is -1.68.